The zero-order valence-corrected chi connectivity index (χ0v) is 9.68. The van der Waals surface area contributed by atoms with Crippen LogP contribution in [0.1, 0.15) is 31.2 Å². The lowest BCUT2D eigenvalue weighted by atomic mass is 9.98. The van der Waals surface area contributed by atoms with Crippen LogP contribution in [-0.2, 0) is 6.54 Å². The third kappa shape index (κ3) is 2.64. The maximum absolute atomic E-state index is 13.4. The van der Waals surface area contributed by atoms with Crippen molar-refractivity contribution in [3.05, 3.63) is 35.4 Å². The molecule has 0 bridgehead atoms. The van der Waals surface area contributed by atoms with Crippen molar-refractivity contribution in [2.24, 2.45) is 0 Å². The predicted octanol–water partition coefficient (Wildman–Crippen LogP) is 2.36. The van der Waals surface area contributed by atoms with Crippen LogP contribution in [-0.4, -0.2) is 17.3 Å². The summed E-state index contributed by atoms with van der Waals surface area (Å²) >= 11 is 0. The summed E-state index contributed by atoms with van der Waals surface area (Å²) in [4.78, 5) is 0. The fourth-order valence-electron chi connectivity index (χ4n) is 2.42. The maximum Gasteiger partial charge on any atom is 0.130 e. The first kappa shape index (κ1) is 12.5. The van der Waals surface area contributed by atoms with Gasteiger partial charge in [-0.05, 0) is 25.0 Å². The second-order valence-corrected chi connectivity index (χ2v) is 4.70. The van der Waals surface area contributed by atoms with Crippen LogP contribution >= 0.6 is 0 Å². The number of hydrogen-bond acceptors (Lipinski definition) is 2. The standard InChI is InChI=1S/C13H17F2NO/c14-11-4-3-5-12(15)10(11)8-16-13(9-17)6-1-2-7-13/h3-5,16-17H,1-2,6-9H2. The van der Waals surface area contributed by atoms with E-state index >= 15 is 0 Å². The average molecular weight is 241 g/mol. The summed E-state index contributed by atoms with van der Waals surface area (Å²) in [5, 5.41) is 12.5. The third-order valence-corrected chi connectivity index (χ3v) is 3.57. The molecule has 1 fully saturated rings. The molecule has 0 heterocycles. The Labute approximate surface area is 99.7 Å². The summed E-state index contributed by atoms with van der Waals surface area (Å²) in [6, 6.07) is 3.85. The van der Waals surface area contributed by atoms with E-state index in [2.05, 4.69) is 5.32 Å². The summed E-state index contributed by atoms with van der Waals surface area (Å²) in [6.07, 6.45) is 3.82. The van der Waals surface area contributed by atoms with E-state index in [-0.39, 0.29) is 24.3 Å². The summed E-state index contributed by atoms with van der Waals surface area (Å²) in [7, 11) is 0. The highest BCUT2D eigenvalue weighted by molar-refractivity contribution is 5.19. The van der Waals surface area contributed by atoms with Crippen LogP contribution in [0, 0.1) is 11.6 Å². The molecule has 1 aromatic rings. The second kappa shape index (κ2) is 5.10. The summed E-state index contributed by atoms with van der Waals surface area (Å²) < 4.78 is 26.8. The van der Waals surface area contributed by atoms with Crippen molar-refractivity contribution < 1.29 is 13.9 Å². The number of halogens is 2. The number of rotatable bonds is 4. The molecule has 1 aliphatic carbocycles. The van der Waals surface area contributed by atoms with Crippen LogP contribution in [0.3, 0.4) is 0 Å². The summed E-state index contributed by atoms with van der Waals surface area (Å²) in [5.74, 6) is -1.08. The monoisotopic (exact) mass is 241 g/mol. The first-order valence-electron chi connectivity index (χ1n) is 5.96. The van der Waals surface area contributed by atoms with Gasteiger partial charge in [0.15, 0.2) is 0 Å². The van der Waals surface area contributed by atoms with Gasteiger partial charge in [0.05, 0.1) is 6.61 Å². The van der Waals surface area contributed by atoms with Crippen LogP contribution in [0.15, 0.2) is 18.2 Å². The lowest BCUT2D eigenvalue weighted by Crippen LogP contribution is -2.45. The van der Waals surface area contributed by atoms with Gasteiger partial charge in [-0.1, -0.05) is 18.9 Å². The van der Waals surface area contributed by atoms with E-state index in [0.29, 0.717) is 0 Å². The minimum atomic E-state index is -0.538. The van der Waals surface area contributed by atoms with Crippen molar-refractivity contribution in [3.8, 4) is 0 Å². The smallest absolute Gasteiger partial charge is 0.130 e. The number of benzene rings is 1. The van der Waals surface area contributed by atoms with Gasteiger partial charge in [-0.3, -0.25) is 0 Å². The molecule has 1 aromatic carbocycles. The second-order valence-electron chi connectivity index (χ2n) is 4.70. The topological polar surface area (TPSA) is 32.3 Å². The van der Waals surface area contributed by atoms with Crippen molar-refractivity contribution in [1.82, 2.24) is 5.32 Å². The SMILES string of the molecule is OCC1(NCc2c(F)cccc2F)CCCC1. The molecule has 1 aliphatic rings. The Morgan fingerprint density at radius 1 is 1.18 bits per heavy atom. The largest absolute Gasteiger partial charge is 0.394 e. The molecule has 4 heteroatoms. The highest BCUT2D eigenvalue weighted by Crippen LogP contribution is 2.29. The highest BCUT2D eigenvalue weighted by atomic mass is 19.1. The van der Waals surface area contributed by atoms with Crippen LogP contribution < -0.4 is 5.32 Å². The number of aliphatic hydroxyl groups excluding tert-OH is 1. The lowest BCUT2D eigenvalue weighted by Gasteiger charge is -2.28. The van der Waals surface area contributed by atoms with E-state index in [4.69, 9.17) is 0 Å². The Bertz CT molecular complexity index is 369. The summed E-state index contributed by atoms with van der Waals surface area (Å²) in [6.45, 7) is 0.141. The highest BCUT2D eigenvalue weighted by Gasteiger charge is 2.32. The van der Waals surface area contributed by atoms with Gasteiger partial charge in [0.1, 0.15) is 11.6 Å². The van der Waals surface area contributed by atoms with E-state index in [0.717, 1.165) is 25.7 Å². The van der Waals surface area contributed by atoms with Crippen LogP contribution in [0.5, 0.6) is 0 Å². The van der Waals surface area contributed by atoms with Crippen molar-refractivity contribution in [3.63, 3.8) is 0 Å². The molecule has 0 atom stereocenters. The molecule has 0 spiro atoms. The zero-order chi connectivity index (χ0) is 12.3. The van der Waals surface area contributed by atoms with Crippen LogP contribution in [0.2, 0.25) is 0 Å². The van der Waals surface area contributed by atoms with E-state index in [9.17, 15) is 13.9 Å². The molecule has 0 aliphatic heterocycles. The van der Waals surface area contributed by atoms with Gasteiger partial charge < -0.3 is 10.4 Å². The molecule has 2 N–H and O–H groups in total. The Kier molecular flexibility index (Phi) is 3.74. The minimum Gasteiger partial charge on any atom is -0.394 e. The molecule has 0 amide bonds. The molecule has 0 radical (unpaired) electrons. The molecular formula is C13H17F2NO. The van der Waals surface area contributed by atoms with Gasteiger partial charge in [0.25, 0.3) is 0 Å². The Balaban J connectivity index is 2.06. The van der Waals surface area contributed by atoms with E-state index < -0.39 is 11.6 Å². The maximum atomic E-state index is 13.4. The lowest BCUT2D eigenvalue weighted by molar-refractivity contribution is 0.162. The van der Waals surface area contributed by atoms with E-state index in [1.165, 1.54) is 18.2 Å². The first-order chi connectivity index (χ1) is 8.17. The normalized spacial score (nSPS) is 18.5. The van der Waals surface area contributed by atoms with Crippen molar-refractivity contribution in [2.75, 3.05) is 6.61 Å². The molecule has 0 saturated heterocycles. The number of nitrogens with one attached hydrogen (secondary N) is 1. The molecule has 94 valence electrons. The number of aliphatic hydroxyl groups is 1. The average Bonchev–Trinajstić information content (AvgIpc) is 2.78. The van der Waals surface area contributed by atoms with Gasteiger partial charge >= 0.3 is 0 Å². The molecule has 2 rings (SSSR count). The first-order valence-corrected chi connectivity index (χ1v) is 5.96. The fourth-order valence-corrected chi connectivity index (χ4v) is 2.42. The molecular weight excluding hydrogens is 224 g/mol. The number of hydrogen-bond donors (Lipinski definition) is 2. The Morgan fingerprint density at radius 3 is 2.29 bits per heavy atom. The van der Waals surface area contributed by atoms with Gasteiger partial charge in [-0.25, -0.2) is 8.78 Å². The molecule has 2 nitrogen and oxygen atoms in total. The van der Waals surface area contributed by atoms with Gasteiger partial charge in [0.2, 0.25) is 0 Å². The van der Waals surface area contributed by atoms with Crippen LogP contribution in [0.4, 0.5) is 8.78 Å². The van der Waals surface area contributed by atoms with E-state index in [1.54, 1.807) is 0 Å². The molecule has 1 saturated carbocycles. The van der Waals surface area contributed by atoms with Crippen molar-refractivity contribution in [1.29, 1.82) is 0 Å². The van der Waals surface area contributed by atoms with Crippen LogP contribution in [0.25, 0.3) is 0 Å². The summed E-state index contributed by atoms with van der Waals surface area (Å²) in [5.41, 5.74) is -0.304. The molecule has 0 aromatic heterocycles. The fraction of sp³-hybridized carbons (Fsp3) is 0.538. The quantitative estimate of drug-likeness (QED) is 0.848. The minimum absolute atomic E-state index is 0.0169. The van der Waals surface area contributed by atoms with E-state index in [1.807, 2.05) is 0 Å². The van der Waals surface area contributed by atoms with Gasteiger partial charge in [-0.2, -0.15) is 0 Å². The van der Waals surface area contributed by atoms with Gasteiger partial charge in [-0.15, -0.1) is 0 Å². The zero-order valence-electron chi connectivity index (χ0n) is 9.68. The molecule has 17 heavy (non-hydrogen) atoms. The van der Waals surface area contributed by atoms with Gasteiger partial charge in [0, 0.05) is 17.6 Å². The van der Waals surface area contributed by atoms with Crippen molar-refractivity contribution >= 4 is 0 Å². The third-order valence-electron chi connectivity index (χ3n) is 3.57. The Morgan fingerprint density at radius 2 is 1.76 bits per heavy atom. The predicted molar refractivity (Wildman–Crippen MR) is 61.5 cm³/mol. The van der Waals surface area contributed by atoms with Crippen molar-refractivity contribution in [2.45, 2.75) is 37.8 Å². The molecule has 0 unspecified atom stereocenters. The Hall–Kier alpha value is -1.00.